The van der Waals surface area contributed by atoms with E-state index in [9.17, 15) is 4.79 Å². The predicted molar refractivity (Wildman–Crippen MR) is 92.3 cm³/mol. The number of amides is 1. The van der Waals surface area contributed by atoms with Crippen molar-refractivity contribution in [3.8, 4) is 0 Å². The van der Waals surface area contributed by atoms with Gasteiger partial charge in [0.2, 0.25) is 11.9 Å². The van der Waals surface area contributed by atoms with Crippen LogP contribution in [0.25, 0.3) is 0 Å². The lowest BCUT2D eigenvalue weighted by Gasteiger charge is -2.31. The van der Waals surface area contributed by atoms with Gasteiger partial charge in [0.15, 0.2) is 0 Å². The molecular formula is C18H26N4O2. The predicted octanol–water partition coefficient (Wildman–Crippen LogP) is 2.17. The van der Waals surface area contributed by atoms with Gasteiger partial charge in [-0.1, -0.05) is 12.8 Å². The summed E-state index contributed by atoms with van der Waals surface area (Å²) < 4.78 is 5.41. The van der Waals surface area contributed by atoms with Crippen molar-refractivity contribution in [3.63, 3.8) is 0 Å². The molecule has 1 aromatic rings. The summed E-state index contributed by atoms with van der Waals surface area (Å²) in [5.41, 5.74) is 1.11. The standard InChI is InChI=1S/C18H26N4O2/c23-16(12-14-4-1-2-5-14)22-7-3-6-15-13-19-18(20-17(15)22)21-8-10-24-11-9-21/h13-14H,1-12H2. The molecule has 0 N–H and O–H groups in total. The second-order valence-electron chi connectivity index (χ2n) is 7.12. The van der Waals surface area contributed by atoms with E-state index in [1.807, 2.05) is 11.1 Å². The average molecular weight is 330 g/mol. The van der Waals surface area contributed by atoms with Crippen LogP contribution in [0.4, 0.5) is 11.8 Å². The van der Waals surface area contributed by atoms with Crippen LogP contribution in [0.15, 0.2) is 6.20 Å². The van der Waals surface area contributed by atoms with Crippen LogP contribution >= 0.6 is 0 Å². The molecule has 0 radical (unpaired) electrons. The van der Waals surface area contributed by atoms with Gasteiger partial charge in [0.05, 0.1) is 13.2 Å². The fraction of sp³-hybridized carbons (Fsp3) is 0.722. The van der Waals surface area contributed by atoms with Crippen molar-refractivity contribution in [3.05, 3.63) is 11.8 Å². The minimum atomic E-state index is 0.245. The monoisotopic (exact) mass is 330 g/mol. The first-order chi connectivity index (χ1) is 11.8. The Kier molecular flexibility index (Phi) is 4.65. The molecule has 1 amide bonds. The second kappa shape index (κ2) is 7.05. The Hall–Kier alpha value is -1.69. The van der Waals surface area contributed by atoms with E-state index in [0.717, 1.165) is 49.8 Å². The normalized spacial score (nSPS) is 21.8. The number of fused-ring (bicyclic) bond motifs is 1. The van der Waals surface area contributed by atoms with Crippen LogP contribution in [0.5, 0.6) is 0 Å². The fourth-order valence-electron chi connectivity index (χ4n) is 4.06. The molecule has 130 valence electrons. The first kappa shape index (κ1) is 15.8. The maximum absolute atomic E-state index is 12.8. The van der Waals surface area contributed by atoms with Crippen LogP contribution in [-0.4, -0.2) is 48.7 Å². The lowest BCUT2D eigenvalue weighted by Crippen LogP contribution is -2.40. The van der Waals surface area contributed by atoms with Gasteiger partial charge in [-0.15, -0.1) is 0 Å². The van der Waals surface area contributed by atoms with Crippen molar-refractivity contribution < 1.29 is 9.53 Å². The molecule has 1 aliphatic carbocycles. The smallest absolute Gasteiger partial charge is 0.228 e. The largest absolute Gasteiger partial charge is 0.378 e. The molecule has 0 spiro atoms. The maximum Gasteiger partial charge on any atom is 0.228 e. The van der Waals surface area contributed by atoms with Crippen molar-refractivity contribution in [1.29, 1.82) is 0 Å². The van der Waals surface area contributed by atoms with Crippen LogP contribution in [0.1, 0.15) is 44.1 Å². The molecule has 3 heterocycles. The van der Waals surface area contributed by atoms with Crippen molar-refractivity contribution >= 4 is 17.7 Å². The first-order valence-electron chi connectivity index (χ1n) is 9.30. The van der Waals surface area contributed by atoms with Gasteiger partial charge in [0.25, 0.3) is 0 Å². The summed E-state index contributed by atoms with van der Waals surface area (Å²) in [6, 6.07) is 0. The van der Waals surface area contributed by atoms with Crippen LogP contribution < -0.4 is 9.80 Å². The van der Waals surface area contributed by atoms with E-state index in [1.165, 1.54) is 25.7 Å². The Balaban J connectivity index is 1.54. The van der Waals surface area contributed by atoms with E-state index in [0.29, 0.717) is 25.6 Å². The number of aromatic nitrogens is 2. The maximum atomic E-state index is 12.8. The van der Waals surface area contributed by atoms with E-state index in [1.54, 1.807) is 0 Å². The molecule has 1 aromatic heterocycles. The third-order valence-corrected chi connectivity index (χ3v) is 5.45. The molecule has 2 aliphatic heterocycles. The summed E-state index contributed by atoms with van der Waals surface area (Å²) in [6.07, 6.45) is 9.52. The van der Waals surface area contributed by atoms with E-state index in [4.69, 9.17) is 9.72 Å². The number of hydrogen-bond acceptors (Lipinski definition) is 5. The van der Waals surface area contributed by atoms with Crippen LogP contribution in [0.3, 0.4) is 0 Å². The molecule has 0 unspecified atom stereocenters. The summed E-state index contributed by atoms with van der Waals surface area (Å²) in [6.45, 7) is 3.84. The third-order valence-electron chi connectivity index (χ3n) is 5.45. The number of aryl methyl sites for hydroxylation is 1. The zero-order valence-electron chi connectivity index (χ0n) is 14.2. The van der Waals surface area contributed by atoms with Crippen molar-refractivity contribution in [2.75, 3.05) is 42.6 Å². The van der Waals surface area contributed by atoms with Crippen LogP contribution in [0.2, 0.25) is 0 Å². The zero-order valence-corrected chi connectivity index (χ0v) is 14.2. The average Bonchev–Trinajstić information content (AvgIpc) is 3.14. The minimum absolute atomic E-state index is 0.245. The number of anilines is 2. The second-order valence-corrected chi connectivity index (χ2v) is 7.12. The van der Waals surface area contributed by atoms with Gasteiger partial charge in [-0.05, 0) is 31.6 Å². The van der Waals surface area contributed by atoms with Gasteiger partial charge in [-0.3, -0.25) is 9.69 Å². The SMILES string of the molecule is O=C(CC1CCCC1)N1CCCc2cnc(N3CCOCC3)nc21. The molecule has 2 fully saturated rings. The topological polar surface area (TPSA) is 58.6 Å². The molecule has 24 heavy (non-hydrogen) atoms. The van der Waals surface area contributed by atoms with Crippen LogP contribution in [-0.2, 0) is 16.0 Å². The van der Waals surface area contributed by atoms with Crippen molar-refractivity contribution in [2.45, 2.75) is 44.9 Å². The van der Waals surface area contributed by atoms with Crippen LogP contribution in [0, 0.1) is 5.92 Å². The Morgan fingerprint density at radius 2 is 1.96 bits per heavy atom. The van der Waals surface area contributed by atoms with Crippen molar-refractivity contribution in [1.82, 2.24) is 9.97 Å². The number of hydrogen-bond donors (Lipinski definition) is 0. The third kappa shape index (κ3) is 3.24. The molecule has 6 heteroatoms. The molecule has 3 aliphatic rings. The van der Waals surface area contributed by atoms with E-state index < -0.39 is 0 Å². The Morgan fingerprint density at radius 3 is 2.75 bits per heavy atom. The number of morpholine rings is 1. The van der Waals surface area contributed by atoms with Gasteiger partial charge in [0.1, 0.15) is 5.82 Å². The molecule has 0 atom stereocenters. The van der Waals surface area contributed by atoms with Gasteiger partial charge in [-0.25, -0.2) is 4.98 Å². The summed E-state index contributed by atoms with van der Waals surface area (Å²) in [4.78, 5) is 26.2. The van der Waals surface area contributed by atoms with E-state index in [-0.39, 0.29) is 5.91 Å². The summed E-state index contributed by atoms with van der Waals surface area (Å²) in [5.74, 6) is 2.40. The zero-order chi connectivity index (χ0) is 16.4. The Bertz CT molecular complexity index is 595. The molecule has 0 bridgehead atoms. The minimum Gasteiger partial charge on any atom is -0.378 e. The van der Waals surface area contributed by atoms with Gasteiger partial charge in [0, 0.05) is 37.8 Å². The highest BCUT2D eigenvalue weighted by molar-refractivity contribution is 5.93. The Labute approximate surface area is 143 Å². The number of nitrogens with zero attached hydrogens (tertiary/aromatic N) is 4. The lowest BCUT2D eigenvalue weighted by molar-refractivity contribution is -0.119. The molecule has 6 nitrogen and oxygen atoms in total. The van der Waals surface area contributed by atoms with Gasteiger partial charge >= 0.3 is 0 Å². The quantitative estimate of drug-likeness (QED) is 0.850. The van der Waals surface area contributed by atoms with Crippen molar-refractivity contribution in [2.24, 2.45) is 5.92 Å². The molecule has 1 saturated carbocycles. The summed E-state index contributed by atoms with van der Waals surface area (Å²) >= 11 is 0. The highest BCUT2D eigenvalue weighted by Crippen LogP contribution is 2.31. The highest BCUT2D eigenvalue weighted by Gasteiger charge is 2.28. The number of rotatable bonds is 3. The molecular weight excluding hydrogens is 304 g/mol. The molecule has 0 aromatic carbocycles. The number of carbonyl (C=O) groups is 1. The van der Waals surface area contributed by atoms with E-state index in [2.05, 4.69) is 9.88 Å². The Morgan fingerprint density at radius 1 is 1.17 bits per heavy atom. The first-order valence-corrected chi connectivity index (χ1v) is 9.30. The molecule has 1 saturated heterocycles. The van der Waals surface area contributed by atoms with Gasteiger partial charge in [-0.2, -0.15) is 4.98 Å². The number of ether oxygens (including phenoxy) is 1. The summed E-state index contributed by atoms with van der Waals surface area (Å²) in [7, 11) is 0. The summed E-state index contributed by atoms with van der Waals surface area (Å²) in [5, 5.41) is 0. The molecule has 4 rings (SSSR count). The van der Waals surface area contributed by atoms with E-state index >= 15 is 0 Å². The fourth-order valence-corrected chi connectivity index (χ4v) is 4.06. The number of carbonyl (C=O) groups excluding carboxylic acids is 1. The van der Waals surface area contributed by atoms with Gasteiger partial charge < -0.3 is 9.64 Å². The highest BCUT2D eigenvalue weighted by atomic mass is 16.5. The lowest BCUT2D eigenvalue weighted by atomic mass is 10.0.